The first kappa shape index (κ1) is 11.9. The second-order valence-corrected chi connectivity index (χ2v) is 4.71. The summed E-state index contributed by atoms with van der Waals surface area (Å²) in [6.45, 7) is 5.06. The van der Waals surface area contributed by atoms with Gasteiger partial charge in [-0.2, -0.15) is 0 Å². The molecule has 2 unspecified atom stereocenters. The highest BCUT2D eigenvalue weighted by molar-refractivity contribution is 5.99. The van der Waals surface area contributed by atoms with E-state index < -0.39 is 0 Å². The number of nitrogens with zero attached hydrogens (tertiary/aromatic N) is 2. The predicted molar refractivity (Wildman–Crippen MR) is 66.3 cm³/mol. The number of nitrogen functional groups attached to an aromatic ring is 1. The number of anilines is 1. The number of carbonyl (C=O) groups is 1. The van der Waals surface area contributed by atoms with Crippen molar-refractivity contribution in [2.45, 2.75) is 26.3 Å². The molecule has 0 aromatic carbocycles. The van der Waals surface area contributed by atoms with Gasteiger partial charge in [-0.15, -0.1) is 0 Å². The van der Waals surface area contributed by atoms with E-state index in [1.165, 1.54) is 0 Å². The summed E-state index contributed by atoms with van der Waals surface area (Å²) in [7, 11) is 0. The lowest BCUT2D eigenvalue weighted by Gasteiger charge is -2.22. The summed E-state index contributed by atoms with van der Waals surface area (Å²) < 4.78 is 0. The Labute approximate surface area is 101 Å². The summed E-state index contributed by atoms with van der Waals surface area (Å²) in [5.41, 5.74) is 3.68. The van der Waals surface area contributed by atoms with E-state index in [1.807, 2.05) is 4.90 Å². The largest absolute Gasteiger partial charge is 0.336 e. The zero-order valence-corrected chi connectivity index (χ0v) is 10.2. The van der Waals surface area contributed by atoms with Crippen molar-refractivity contribution < 1.29 is 4.79 Å². The molecule has 0 spiro atoms. The van der Waals surface area contributed by atoms with E-state index in [4.69, 9.17) is 5.84 Å². The van der Waals surface area contributed by atoms with Crippen molar-refractivity contribution in [1.29, 1.82) is 0 Å². The molecule has 2 atom stereocenters. The van der Waals surface area contributed by atoms with Gasteiger partial charge in [0, 0.05) is 18.8 Å². The Hall–Kier alpha value is -1.62. The Balaban J connectivity index is 2.25. The fourth-order valence-corrected chi connectivity index (χ4v) is 2.43. The molecule has 2 rings (SSSR count). The fourth-order valence-electron chi connectivity index (χ4n) is 2.43. The second-order valence-electron chi connectivity index (χ2n) is 4.71. The summed E-state index contributed by atoms with van der Waals surface area (Å²) in [5, 5.41) is 0. The molecule has 1 aliphatic rings. The predicted octanol–water partition coefficient (Wildman–Crippen LogP) is 1.24. The molecule has 17 heavy (non-hydrogen) atoms. The summed E-state index contributed by atoms with van der Waals surface area (Å²) in [6.07, 6.45) is 4.23. The number of pyridine rings is 1. The molecule has 1 aromatic heterocycles. The van der Waals surface area contributed by atoms with Crippen LogP contribution in [0.15, 0.2) is 18.5 Å². The highest BCUT2D eigenvalue weighted by atomic mass is 16.2. The van der Waals surface area contributed by atoms with Gasteiger partial charge in [-0.3, -0.25) is 15.6 Å². The maximum absolute atomic E-state index is 12.4. The minimum Gasteiger partial charge on any atom is -0.336 e. The van der Waals surface area contributed by atoms with Crippen LogP contribution in [0.3, 0.4) is 0 Å². The Morgan fingerprint density at radius 3 is 2.94 bits per heavy atom. The van der Waals surface area contributed by atoms with Crippen molar-refractivity contribution in [3.05, 3.63) is 24.0 Å². The van der Waals surface area contributed by atoms with Crippen LogP contribution in [0.25, 0.3) is 0 Å². The third-order valence-electron chi connectivity index (χ3n) is 3.25. The third kappa shape index (κ3) is 2.24. The van der Waals surface area contributed by atoms with E-state index in [9.17, 15) is 4.79 Å². The molecular weight excluding hydrogens is 216 g/mol. The Bertz CT molecular complexity index is 421. The molecular formula is C12H18N4O. The topological polar surface area (TPSA) is 71.2 Å². The number of rotatable bonds is 2. The van der Waals surface area contributed by atoms with Gasteiger partial charge in [0.05, 0.1) is 17.4 Å². The van der Waals surface area contributed by atoms with Crippen LogP contribution in [0.2, 0.25) is 0 Å². The SMILES string of the molecule is CC1CC(C)N(C(=O)c2ccncc2NN)C1. The van der Waals surface area contributed by atoms with Crippen LogP contribution in [-0.2, 0) is 0 Å². The number of carbonyl (C=O) groups excluding carboxylic acids is 1. The van der Waals surface area contributed by atoms with Crippen molar-refractivity contribution >= 4 is 11.6 Å². The number of nitrogens with two attached hydrogens (primary N) is 1. The lowest BCUT2D eigenvalue weighted by molar-refractivity contribution is 0.0744. The molecule has 0 bridgehead atoms. The van der Waals surface area contributed by atoms with Gasteiger partial charge in [0.25, 0.3) is 5.91 Å². The van der Waals surface area contributed by atoms with Gasteiger partial charge in [0.1, 0.15) is 0 Å². The molecule has 5 heteroatoms. The molecule has 0 saturated carbocycles. The number of hydrogen-bond acceptors (Lipinski definition) is 4. The lowest BCUT2D eigenvalue weighted by atomic mass is 10.1. The van der Waals surface area contributed by atoms with Gasteiger partial charge in [-0.05, 0) is 25.3 Å². The zero-order valence-electron chi connectivity index (χ0n) is 10.2. The van der Waals surface area contributed by atoms with Crippen LogP contribution in [0.4, 0.5) is 5.69 Å². The molecule has 3 N–H and O–H groups in total. The van der Waals surface area contributed by atoms with Gasteiger partial charge in [-0.25, -0.2) is 0 Å². The molecule has 1 amide bonds. The van der Waals surface area contributed by atoms with Crippen LogP contribution in [0, 0.1) is 5.92 Å². The van der Waals surface area contributed by atoms with Crippen molar-refractivity contribution in [1.82, 2.24) is 9.88 Å². The molecule has 92 valence electrons. The molecule has 1 fully saturated rings. The quantitative estimate of drug-likeness (QED) is 0.596. The first-order chi connectivity index (χ1) is 8.13. The fraction of sp³-hybridized carbons (Fsp3) is 0.500. The van der Waals surface area contributed by atoms with E-state index in [-0.39, 0.29) is 11.9 Å². The number of aromatic nitrogens is 1. The molecule has 2 heterocycles. The normalized spacial score (nSPS) is 23.8. The van der Waals surface area contributed by atoms with E-state index in [0.29, 0.717) is 17.2 Å². The van der Waals surface area contributed by atoms with Crippen LogP contribution in [0.1, 0.15) is 30.6 Å². The average molecular weight is 234 g/mol. The van der Waals surface area contributed by atoms with Gasteiger partial charge >= 0.3 is 0 Å². The molecule has 0 radical (unpaired) electrons. The van der Waals surface area contributed by atoms with Crippen molar-refractivity contribution in [3.63, 3.8) is 0 Å². The second kappa shape index (κ2) is 4.71. The minimum absolute atomic E-state index is 0.0252. The third-order valence-corrected chi connectivity index (χ3v) is 3.25. The van der Waals surface area contributed by atoms with Gasteiger partial charge in [0.15, 0.2) is 0 Å². The summed E-state index contributed by atoms with van der Waals surface area (Å²) in [6, 6.07) is 1.99. The number of amides is 1. The van der Waals surface area contributed by atoms with Crippen LogP contribution < -0.4 is 11.3 Å². The van der Waals surface area contributed by atoms with E-state index >= 15 is 0 Å². The van der Waals surface area contributed by atoms with Crippen molar-refractivity contribution in [2.75, 3.05) is 12.0 Å². The summed E-state index contributed by atoms with van der Waals surface area (Å²) >= 11 is 0. The Morgan fingerprint density at radius 2 is 2.35 bits per heavy atom. The Kier molecular flexibility index (Phi) is 3.28. The van der Waals surface area contributed by atoms with Crippen LogP contribution >= 0.6 is 0 Å². The van der Waals surface area contributed by atoms with Gasteiger partial charge < -0.3 is 10.3 Å². The summed E-state index contributed by atoms with van der Waals surface area (Å²) in [5.74, 6) is 5.97. The Morgan fingerprint density at radius 1 is 1.59 bits per heavy atom. The van der Waals surface area contributed by atoms with E-state index in [1.54, 1.807) is 18.5 Å². The smallest absolute Gasteiger partial charge is 0.256 e. The lowest BCUT2D eigenvalue weighted by Crippen LogP contribution is -2.34. The average Bonchev–Trinajstić information content (AvgIpc) is 2.67. The highest BCUT2D eigenvalue weighted by Crippen LogP contribution is 2.25. The molecule has 0 aliphatic carbocycles. The highest BCUT2D eigenvalue weighted by Gasteiger charge is 2.31. The first-order valence-electron chi connectivity index (χ1n) is 5.85. The van der Waals surface area contributed by atoms with Crippen molar-refractivity contribution in [3.8, 4) is 0 Å². The number of hydrogen-bond donors (Lipinski definition) is 2. The number of hydrazine groups is 1. The number of likely N-dealkylation sites (tertiary alicyclic amines) is 1. The van der Waals surface area contributed by atoms with Gasteiger partial charge in [0.2, 0.25) is 0 Å². The zero-order chi connectivity index (χ0) is 12.4. The maximum Gasteiger partial charge on any atom is 0.256 e. The minimum atomic E-state index is 0.0252. The molecule has 1 aliphatic heterocycles. The van der Waals surface area contributed by atoms with Crippen LogP contribution in [0.5, 0.6) is 0 Å². The molecule has 1 saturated heterocycles. The van der Waals surface area contributed by atoms with Crippen LogP contribution in [-0.4, -0.2) is 28.4 Å². The first-order valence-corrected chi connectivity index (χ1v) is 5.85. The van der Waals surface area contributed by atoms with E-state index in [2.05, 4.69) is 24.3 Å². The number of nitrogens with one attached hydrogen (secondary N) is 1. The van der Waals surface area contributed by atoms with E-state index in [0.717, 1.165) is 13.0 Å². The molecule has 5 nitrogen and oxygen atoms in total. The standard InChI is InChI=1S/C12H18N4O/c1-8-5-9(2)16(7-8)12(17)10-3-4-14-6-11(10)15-13/h3-4,6,8-9,15H,5,7,13H2,1-2H3. The summed E-state index contributed by atoms with van der Waals surface area (Å²) in [4.78, 5) is 18.2. The maximum atomic E-state index is 12.4. The van der Waals surface area contributed by atoms with Crippen molar-refractivity contribution in [2.24, 2.45) is 11.8 Å². The monoisotopic (exact) mass is 234 g/mol. The molecule has 1 aromatic rings. The van der Waals surface area contributed by atoms with Gasteiger partial charge in [-0.1, -0.05) is 6.92 Å².